The van der Waals surface area contributed by atoms with Crippen LogP contribution in [0, 0.1) is 20.8 Å². The Balaban J connectivity index is 1.62. The number of ether oxygens (including phenoxy) is 1. The summed E-state index contributed by atoms with van der Waals surface area (Å²) in [5.41, 5.74) is 1.71. The number of esters is 1. The number of carbonyl (C=O) groups excluding carboxylic acids is 2. The van der Waals surface area contributed by atoms with Crippen LogP contribution in [0.4, 0.5) is 0 Å². The van der Waals surface area contributed by atoms with E-state index in [9.17, 15) is 18.0 Å². The molecule has 0 spiro atoms. The van der Waals surface area contributed by atoms with E-state index >= 15 is 0 Å². The highest BCUT2D eigenvalue weighted by Gasteiger charge is 2.29. The van der Waals surface area contributed by atoms with E-state index in [-0.39, 0.29) is 11.5 Å². The van der Waals surface area contributed by atoms with E-state index in [2.05, 4.69) is 10.5 Å². The van der Waals surface area contributed by atoms with Crippen LogP contribution >= 0.6 is 0 Å². The number of aromatic nitrogens is 2. The molecule has 0 aromatic carbocycles. The fourth-order valence-corrected chi connectivity index (χ4v) is 4.84. The number of rotatable bonds is 5. The predicted octanol–water partition coefficient (Wildman–Crippen LogP) is 0.851. The van der Waals surface area contributed by atoms with Crippen molar-refractivity contribution in [3.63, 3.8) is 0 Å². The van der Waals surface area contributed by atoms with Crippen LogP contribution in [0.1, 0.15) is 33.9 Å². The molecule has 1 saturated heterocycles. The number of amides is 1. The first-order valence-corrected chi connectivity index (χ1v) is 10.3. The molecule has 1 aliphatic rings. The minimum atomic E-state index is -3.09. The molecular formula is C17H21N3O6S. The molecular weight excluding hydrogens is 374 g/mol. The molecule has 1 N–H and O–H groups in total. The van der Waals surface area contributed by atoms with Crippen LogP contribution in [0.25, 0.3) is 5.82 Å². The summed E-state index contributed by atoms with van der Waals surface area (Å²) in [5, 5.41) is 6.52. The van der Waals surface area contributed by atoms with Gasteiger partial charge in [-0.05, 0) is 33.3 Å². The van der Waals surface area contributed by atoms with Gasteiger partial charge in [-0.15, -0.1) is 0 Å². The Bertz CT molecular complexity index is 988. The molecule has 0 radical (unpaired) electrons. The van der Waals surface area contributed by atoms with Crippen molar-refractivity contribution in [2.75, 3.05) is 18.1 Å². The second-order valence-corrected chi connectivity index (χ2v) is 8.89. The molecule has 9 nitrogen and oxygen atoms in total. The lowest BCUT2D eigenvalue weighted by Gasteiger charge is -2.11. The number of hydrogen-bond acceptors (Lipinski definition) is 7. The highest BCUT2D eigenvalue weighted by Crippen LogP contribution is 2.21. The Labute approximate surface area is 156 Å². The first-order chi connectivity index (χ1) is 12.7. The molecule has 10 heteroatoms. The van der Waals surface area contributed by atoms with E-state index in [1.54, 1.807) is 30.5 Å². The molecule has 1 amide bonds. The molecule has 0 aliphatic carbocycles. The quantitative estimate of drug-likeness (QED) is 0.745. The lowest BCUT2D eigenvalue weighted by molar-refractivity contribution is -0.124. The van der Waals surface area contributed by atoms with Gasteiger partial charge < -0.3 is 14.6 Å². The van der Waals surface area contributed by atoms with Crippen LogP contribution < -0.4 is 5.32 Å². The van der Waals surface area contributed by atoms with E-state index in [0.29, 0.717) is 29.3 Å². The molecule has 2 aromatic rings. The minimum Gasteiger partial charge on any atom is -0.452 e. The third-order valence-corrected chi connectivity index (χ3v) is 6.20. The summed E-state index contributed by atoms with van der Waals surface area (Å²) in [4.78, 5) is 24.3. The fourth-order valence-electron chi connectivity index (χ4n) is 3.17. The number of nitrogens with one attached hydrogen (secondary N) is 1. The van der Waals surface area contributed by atoms with Gasteiger partial charge in [-0.25, -0.2) is 13.2 Å². The highest BCUT2D eigenvalue weighted by molar-refractivity contribution is 7.91. The van der Waals surface area contributed by atoms with Gasteiger partial charge in [0.1, 0.15) is 5.76 Å². The number of sulfone groups is 1. The second-order valence-electron chi connectivity index (χ2n) is 6.66. The molecule has 3 heterocycles. The smallest absolute Gasteiger partial charge is 0.340 e. The summed E-state index contributed by atoms with van der Waals surface area (Å²) >= 11 is 0. The van der Waals surface area contributed by atoms with Crippen LogP contribution in [-0.2, 0) is 19.4 Å². The van der Waals surface area contributed by atoms with Crippen molar-refractivity contribution in [2.45, 2.75) is 33.2 Å². The van der Waals surface area contributed by atoms with Gasteiger partial charge in [-0.1, -0.05) is 5.16 Å². The van der Waals surface area contributed by atoms with Gasteiger partial charge in [0.2, 0.25) is 0 Å². The molecule has 0 bridgehead atoms. The van der Waals surface area contributed by atoms with E-state index in [0.717, 1.165) is 5.69 Å². The van der Waals surface area contributed by atoms with Crippen LogP contribution in [0.5, 0.6) is 0 Å². The van der Waals surface area contributed by atoms with E-state index < -0.39 is 34.4 Å². The number of carbonyl (C=O) groups is 2. The maximum atomic E-state index is 12.4. The highest BCUT2D eigenvalue weighted by atomic mass is 32.2. The normalized spacial score (nSPS) is 18.4. The summed E-state index contributed by atoms with van der Waals surface area (Å²) in [6, 6.07) is 2.98. The summed E-state index contributed by atoms with van der Waals surface area (Å²) in [6.45, 7) is 4.87. The van der Waals surface area contributed by atoms with Crippen molar-refractivity contribution < 1.29 is 27.3 Å². The first-order valence-electron chi connectivity index (χ1n) is 8.46. The van der Waals surface area contributed by atoms with Crippen molar-refractivity contribution in [3.05, 3.63) is 34.8 Å². The zero-order valence-electron chi connectivity index (χ0n) is 15.3. The minimum absolute atomic E-state index is 0.0608. The maximum Gasteiger partial charge on any atom is 0.340 e. The molecule has 27 heavy (non-hydrogen) atoms. The van der Waals surface area contributed by atoms with Crippen LogP contribution in [-0.4, -0.2) is 54.2 Å². The topological polar surface area (TPSA) is 120 Å². The Morgan fingerprint density at radius 2 is 2.07 bits per heavy atom. The maximum absolute atomic E-state index is 12.4. The molecule has 1 unspecified atom stereocenters. The Hall–Kier alpha value is -2.62. The Morgan fingerprint density at radius 3 is 2.67 bits per heavy atom. The summed E-state index contributed by atoms with van der Waals surface area (Å²) in [7, 11) is -3.09. The van der Waals surface area contributed by atoms with Gasteiger partial charge in [0.15, 0.2) is 22.3 Å². The van der Waals surface area contributed by atoms with Gasteiger partial charge >= 0.3 is 5.97 Å². The van der Waals surface area contributed by atoms with E-state index in [4.69, 9.17) is 9.26 Å². The van der Waals surface area contributed by atoms with Gasteiger partial charge in [0.25, 0.3) is 5.91 Å². The van der Waals surface area contributed by atoms with Crippen LogP contribution in [0.3, 0.4) is 0 Å². The van der Waals surface area contributed by atoms with Gasteiger partial charge in [0, 0.05) is 23.5 Å². The van der Waals surface area contributed by atoms with Crippen LogP contribution in [0.2, 0.25) is 0 Å². The monoisotopic (exact) mass is 395 g/mol. The van der Waals surface area contributed by atoms with Gasteiger partial charge in [0.05, 0.1) is 17.1 Å². The number of nitrogens with zero attached hydrogens (tertiary/aromatic N) is 2. The van der Waals surface area contributed by atoms with Gasteiger partial charge in [-0.2, -0.15) is 0 Å². The van der Waals surface area contributed by atoms with Gasteiger partial charge in [-0.3, -0.25) is 9.36 Å². The van der Waals surface area contributed by atoms with E-state index in [1.165, 1.54) is 0 Å². The average Bonchev–Trinajstić information content (AvgIpc) is 3.23. The van der Waals surface area contributed by atoms with Crippen LogP contribution in [0.15, 0.2) is 16.7 Å². The van der Waals surface area contributed by atoms with Crippen molar-refractivity contribution >= 4 is 21.7 Å². The fraction of sp³-hybridized carbons (Fsp3) is 0.471. The lowest BCUT2D eigenvalue weighted by Crippen LogP contribution is -2.38. The first kappa shape index (κ1) is 19.2. The van der Waals surface area contributed by atoms with Crippen molar-refractivity contribution in [2.24, 2.45) is 0 Å². The molecule has 3 rings (SSSR count). The molecule has 1 atom stereocenters. The third-order valence-electron chi connectivity index (χ3n) is 4.43. The summed E-state index contributed by atoms with van der Waals surface area (Å²) in [6.07, 6.45) is 0.375. The number of hydrogen-bond donors (Lipinski definition) is 1. The third kappa shape index (κ3) is 4.21. The van der Waals surface area contributed by atoms with E-state index in [1.807, 2.05) is 6.92 Å². The standard InChI is InChI=1S/C17H21N3O6S/c1-10-6-14(12(3)20(10)15-7-11(2)26-19-15)17(22)25-8-16(21)18-13-4-5-27(23,24)9-13/h6-7,13H,4-5,8-9H2,1-3H3,(H,18,21). The summed E-state index contributed by atoms with van der Waals surface area (Å²) in [5.74, 6) is 0.0278. The predicted molar refractivity (Wildman–Crippen MR) is 95.5 cm³/mol. The lowest BCUT2D eigenvalue weighted by atomic mass is 10.2. The van der Waals surface area contributed by atoms with Crippen molar-refractivity contribution in [3.8, 4) is 5.82 Å². The average molecular weight is 395 g/mol. The summed E-state index contributed by atoms with van der Waals surface area (Å²) < 4.78 is 34.7. The zero-order valence-corrected chi connectivity index (χ0v) is 16.1. The Kier molecular flexibility index (Phi) is 5.09. The SMILES string of the molecule is Cc1cc(-n2c(C)cc(C(=O)OCC(=O)NC3CCS(=O)(=O)C3)c2C)no1. The second kappa shape index (κ2) is 7.18. The molecule has 2 aromatic heterocycles. The largest absolute Gasteiger partial charge is 0.452 e. The molecule has 146 valence electrons. The number of aryl methyl sites for hydroxylation is 2. The molecule has 0 saturated carbocycles. The van der Waals surface area contributed by atoms with Crippen molar-refractivity contribution in [1.29, 1.82) is 0 Å². The molecule has 1 fully saturated rings. The molecule has 1 aliphatic heterocycles. The Morgan fingerprint density at radius 1 is 1.33 bits per heavy atom. The zero-order chi connectivity index (χ0) is 19.8. The van der Waals surface area contributed by atoms with Crippen molar-refractivity contribution in [1.82, 2.24) is 15.0 Å².